The Morgan fingerprint density at radius 3 is 1.65 bits per heavy atom. The fourth-order valence-corrected chi connectivity index (χ4v) is 1.42. The van der Waals surface area contributed by atoms with Crippen molar-refractivity contribution >= 4 is 5.78 Å². The summed E-state index contributed by atoms with van der Waals surface area (Å²) >= 11 is 0. The van der Waals surface area contributed by atoms with Gasteiger partial charge in [-0.25, -0.2) is 0 Å². The number of carbonyl (C=O) groups is 1. The van der Waals surface area contributed by atoms with E-state index in [1.54, 1.807) is 6.92 Å². The van der Waals surface area contributed by atoms with Gasteiger partial charge >= 0.3 is 0 Å². The maximum Gasteiger partial charge on any atom is 0.146 e. The summed E-state index contributed by atoms with van der Waals surface area (Å²) in [6.45, 7) is 15.1. The molecular weight excluding hydrogens is 210 g/mol. The van der Waals surface area contributed by atoms with Crippen molar-refractivity contribution in [2.75, 3.05) is 13.6 Å². The van der Waals surface area contributed by atoms with Crippen LogP contribution in [0.2, 0.25) is 0 Å². The molecule has 1 heterocycles. The molecule has 1 aliphatic heterocycles. The minimum atomic E-state index is 0.227. The predicted octanol–water partition coefficient (Wildman–Crippen LogP) is 4.53. The van der Waals surface area contributed by atoms with Gasteiger partial charge in [0, 0.05) is 0 Å². The second-order valence-corrected chi connectivity index (χ2v) is 3.75. The standard InChI is InChI=1S/C7H13NO.C4H10.2C2H6/c1-6(9)7-4-3-5-8(7)2;1-3-4-2;2*1-2/h7H,3-5H2,1-2H3;3-4H2,1-2H3;2*1-2H3. The van der Waals surface area contributed by atoms with Crippen LogP contribution in [-0.4, -0.2) is 30.3 Å². The first-order valence-corrected chi connectivity index (χ1v) is 7.34. The number of likely N-dealkylation sites (N-methyl/N-ethyl adjacent to an activating group) is 1. The zero-order valence-electron chi connectivity index (χ0n) is 13.5. The molecule has 1 unspecified atom stereocenters. The van der Waals surface area contributed by atoms with Crippen molar-refractivity contribution in [2.45, 2.75) is 80.2 Å². The van der Waals surface area contributed by atoms with Crippen molar-refractivity contribution in [3.05, 3.63) is 0 Å². The highest BCUT2D eigenvalue weighted by molar-refractivity contribution is 5.81. The van der Waals surface area contributed by atoms with E-state index in [9.17, 15) is 4.79 Å². The smallest absolute Gasteiger partial charge is 0.146 e. The summed E-state index contributed by atoms with van der Waals surface area (Å²) in [5.41, 5.74) is 0. The highest BCUT2D eigenvalue weighted by atomic mass is 16.1. The molecule has 0 saturated carbocycles. The molecule has 17 heavy (non-hydrogen) atoms. The highest BCUT2D eigenvalue weighted by Gasteiger charge is 2.23. The number of ketones is 1. The fraction of sp³-hybridized carbons (Fsp3) is 0.933. The molecule has 2 heteroatoms. The summed E-state index contributed by atoms with van der Waals surface area (Å²) in [6.07, 6.45) is 4.88. The van der Waals surface area contributed by atoms with Crippen LogP contribution in [0.3, 0.4) is 0 Å². The summed E-state index contributed by atoms with van der Waals surface area (Å²) in [6, 6.07) is 0.227. The zero-order chi connectivity index (χ0) is 14.3. The van der Waals surface area contributed by atoms with E-state index in [2.05, 4.69) is 18.7 Å². The van der Waals surface area contributed by atoms with Gasteiger partial charge in [0.25, 0.3) is 0 Å². The summed E-state index contributed by atoms with van der Waals surface area (Å²) in [5.74, 6) is 0.315. The van der Waals surface area contributed by atoms with Gasteiger partial charge in [-0.05, 0) is 33.4 Å². The molecule has 1 saturated heterocycles. The summed E-state index contributed by atoms with van der Waals surface area (Å²) in [7, 11) is 2.01. The number of likely N-dealkylation sites (tertiary alicyclic amines) is 1. The summed E-state index contributed by atoms with van der Waals surface area (Å²) in [4.78, 5) is 12.9. The number of rotatable bonds is 2. The molecule has 0 N–H and O–H groups in total. The minimum absolute atomic E-state index is 0.227. The Kier molecular flexibility index (Phi) is 23.2. The van der Waals surface area contributed by atoms with Crippen molar-refractivity contribution in [1.82, 2.24) is 4.90 Å². The van der Waals surface area contributed by atoms with Crippen molar-refractivity contribution in [2.24, 2.45) is 0 Å². The Hall–Kier alpha value is -0.370. The molecule has 2 nitrogen and oxygen atoms in total. The van der Waals surface area contributed by atoms with Crippen LogP contribution in [0.25, 0.3) is 0 Å². The number of hydrogen-bond acceptors (Lipinski definition) is 2. The van der Waals surface area contributed by atoms with Crippen LogP contribution in [0.15, 0.2) is 0 Å². The van der Waals surface area contributed by atoms with E-state index in [1.807, 2.05) is 34.7 Å². The fourth-order valence-electron chi connectivity index (χ4n) is 1.42. The molecule has 0 aliphatic carbocycles. The topological polar surface area (TPSA) is 20.3 Å². The molecule has 1 atom stereocenters. The molecule has 1 aliphatic rings. The second-order valence-electron chi connectivity index (χ2n) is 3.75. The molecular formula is C15H35NO. The van der Waals surface area contributed by atoms with Crippen LogP contribution in [-0.2, 0) is 4.79 Å². The first kappa shape index (κ1) is 21.9. The largest absolute Gasteiger partial charge is 0.298 e. The third kappa shape index (κ3) is 13.6. The predicted molar refractivity (Wildman–Crippen MR) is 79.6 cm³/mol. The van der Waals surface area contributed by atoms with Crippen LogP contribution < -0.4 is 0 Å². The van der Waals surface area contributed by atoms with E-state index in [1.165, 1.54) is 19.3 Å². The highest BCUT2D eigenvalue weighted by Crippen LogP contribution is 2.14. The van der Waals surface area contributed by atoms with E-state index in [0.29, 0.717) is 5.78 Å². The van der Waals surface area contributed by atoms with E-state index in [4.69, 9.17) is 0 Å². The molecule has 0 bridgehead atoms. The van der Waals surface area contributed by atoms with Gasteiger partial charge in [-0.3, -0.25) is 9.69 Å². The van der Waals surface area contributed by atoms with Gasteiger partial charge in [0.15, 0.2) is 0 Å². The summed E-state index contributed by atoms with van der Waals surface area (Å²) in [5, 5.41) is 0. The van der Waals surface area contributed by atoms with Crippen LogP contribution >= 0.6 is 0 Å². The lowest BCUT2D eigenvalue weighted by atomic mass is 10.1. The van der Waals surface area contributed by atoms with Gasteiger partial charge in [-0.2, -0.15) is 0 Å². The number of carbonyl (C=O) groups excluding carboxylic acids is 1. The van der Waals surface area contributed by atoms with Crippen molar-refractivity contribution in [1.29, 1.82) is 0 Å². The molecule has 0 amide bonds. The molecule has 1 rings (SSSR count). The third-order valence-corrected chi connectivity index (χ3v) is 2.49. The number of Topliss-reactive ketones (excluding diaryl/α,β-unsaturated/α-hetero) is 1. The quantitative estimate of drug-likeness (QED) is 0.712. The molecule has 0 radical (unpaired) electrons. The van der Waals surface area contributed by atoms with Gasteiger partial charge in [-0.15, -0.1) is 0 Å². The molecule has 106 valence electrons. The van der Waals surface area contributed by atoms with Crippen molar-refractivity contribution in [3.8, 4) is 0 Å². The van der Waals surface area contributed by atoms with E-state index in [0.717, 1.165) is 13.0 Å². The molecule has 0 aromatic heterocycles. The van der Waals surface area contributed by atoms with Crippen molar-refractivity contribution in [3.63, 3.8) is 0 Å². The molecule has 0 spiro atoms. The Morgan fingerprint density at radius 2 is 1.53 bits per heavy atom. The first-order valence-electron chi connectivity index (χ1n) is 7.34. The number of unbranched alkanes of at least 4 members (excludes halogenated alkanes) is 1. The lowest BCUT2D eigenvalue weighted by Gasteiger charge is -2.14. The lowest BCUT2D eigenvalue weighted by Crippen LogP contribution is -2.30. The monoisotopic (exact) mass is 245 g/mol. The van der Waals surface area contributed by atoms with Gasteiger partial charge in [-0.1, -0.05) is 54.4 Å². The van der Waals surface area contributed by atoms with Crippen LogP contribution in [0.5, 0.6) is 0 Å². The van der Waals surface area contributed by atoms with E-state index in [-0.39, 0.29) is 6.04 Å². The Bertz CT molecular complexity index is 144. The van der Waals surface area contributed by atoms with Gasteiger partial charge in [0.1, 0.15) is 5.78 Å². The van der Waals surface area contributed by atoms with E-state index >= 15 is 0 Å². The Labute approximate surface area is 110 Å². The zero-order valence-corrected chi connectivity index (χ0v) is 13.5. The maximum absolute atomic E-state index is 10.8. The van der Waals surface area contributed by atoms with Crippen LogP contribution in [0.1, 0.15) is 74.1 Å². The third-order valence-electron chi connectivity index (χ3n) is 2.49. The maximum atomic E-state index is 10.8. The Balaban J connectivity index is -0.000000208. The van der Waals surface area contributed by atoms with E-state index < -0.39 is 0 Å². The van der Waals surface area contributed by atoms with Gasteiger partial charge < -0.3 is 0 Å². The van der Waals surface area contributed by atoms with Crippen molar-refractivity contribution < 1.29 is 4.79 Å². The average Bonchev–Trinajstić information content (AvgIpc) is 2.81. The van der Waals surface area contributed by atoms with Crippen LogP contribution in [0.4, 0.5) is 0 Å². The van der Waals surface area contributed by atoms with Gasteiger partial charge in [0.05, 0.1) is 6.04 Å². The minimum Gasteiger partial charge on any atom is -0.298 e. The average molecular weight is 245 g/mol. The number of nitrogens with zero attached hydrogens (tertiary/aromatic N) is 1. The second kappa shape index (κ2) is 18.0. The molecule has 0 aromatic carbocycles. The number of hydrogen-bond donors (Lipinski definition) is 0. The van der Waals surface area contributed by atoms with Crippen LogP contribution in [0, 0.1) is 0 Å². The van der Waals surface area contributed by atoms with Gasteiger partial charge in [0.2, 0.25) is 0 Å². The SMILES string of the molecule is CC.CC.CC(=O)C1CCCN1C.CCCC. The Morgan fingerprint density at radius 1 is 1.12 bits per heavy atom. The molecule has 0 aromatic rings. The molecule has 1 fully saturated rings. The summed E-state index contributed by atoms with van der Waals surface area (Å²) < 4.78 is 0. The normalized spacial score (nSPS) is 17.8. The first-order chi connectivity index (χ1) is 8.13. The lowest BCUT2D eigenvalue weighted by molar-refractivity contribution is -0.120.